The lowest BCUT2D eigenvalue weighted by Crippen LogP contribution is -2.17. The third-order valence-corrected chi connectivity index (χ3v) is 2.85. The van der Waals surface area contributed by atoms with E-state index in [2.05, 4.69) is 10.5 Å². The highest BCUT2D eigenvalue weighted by molar-refractivity contribution is 5.95. The molecule has 5 heteroatoms. The molecule has 0 saturated carbocycles. The summed E-state index contributed by atoms with van der Waals surface area (Å²) in [6.45, 7) is 0. The Bertz CT molecular complexity index is 619. The van der Waals surface area contributed by atoms with E-state index in [9.17, 15) is 4.79 Å². The zero-order valence-electron chi connectivity index (χ0n) is 11.9. The predicted octanol–water partition coefficient (Wildman–Crippen LogP) is 2.47. The molecule has 0 heterocycles. The summed E-state index contributed by atoms with van der Waals surface area (Å²) in [5, 5.41) is 3.92. The fourth-order valence-corrected chi connectivity index (χ4v) is 1.66. The number of carbonyl (C=O) groups excluding carboxylic acids is 1. The maximum atomic E-state index is 11.8. The molecule has 1 N–H and O–H groups in total. The highest BCUT2D eigenvalue weighted by Gasteiger charge is 2.03. The molecule has 108 valence electrons. The first-order valence-electron chi connectivity index (χ1n) is 6.34. The Labute approximate surface area is 123 Å². The van der Waals surface area contributed by atoms with Crippen molar-refractivity contribution in [3.05, 3.63) is 59.7 Å². The van der Waals surface area contributed by atoms with E-state index in [1.54, 1.807) is 44.7 Å². The number of hydrogen-bond donors (Lipinski definition) is 1. The maximum Gasteiger partial charge on any atom is 0.271 e. The van der Waals surface area contributed by atoms with Gasteiger partial charge in [-0.15, -0.1) is 0 Å². The topological polar surface area (TPSA) is 59.9 Å². The first-order valence-corrected chi connectivity index (χ1v) is 6.34. The van der Waals surface area contributed by atoms with Gasteiger partial charge in [0.05, 0.1) is 20.4 Å². The van der Waals surface area contributed by atoms with E-state index in [1.807, 2.05) is 24.3 Å². The molecule has 0 fully saturated rings. The zero-order chi connectivity index (χ0) is 15.1. The van der Waals surface area contributed by atoms with Gasteiger partial charge in [0.15, 0.2) is 0 Å². The lowest BCUT2D eigenvalue weighted by Gasteiger charge is -2.02. The number of methoxy groups -OCH3 is 2. The number of rotatable bonds is 5. The van der Waals surface area contributed by atoms with E-state index in [4.69, 9.17) is 9.47 Å². The SMILES string of the molecule is COc1ccc(/C=N\NC(=O)c2ccc(OC)cc2)cc1. The molecule has 0 aliphatic rings. The fourth-order valence-electron chi connectivity index (χ4n) is 1.66. The Hall–Kier alpha value is -2.82. The van der Waals surface area contributed by atoms with Gasteiger partial charge in [0.1, 0.15) is 11.5 Å². The number of ether oxygens (including phenoxy) is 2. The molecule has 0 saturated heterocycles. The van der Waals surface area contributed by atoms with Crippen molar-refractivity contribution in [2.24, 2.45) is 5.10 Å². The number of nitrogens with zero attached hydrogens (tertiary/aromatic N) is 1. The Kier molecular flexibility index (Phi) is 4.93. The summed E-state index contributed by atoms with van der Waals surface area (Å²) in [5.74, 6) is 1.20. The first-order chi connectivity index (χ1) is 10.2. The fraction of sp³-hybridized carbons (Fsp3) is 0.125. The van der Waals surface area contributed by atoms with Crippen LogP contribution in [0.2, 0.25) is 0 Å². The van der Waals surface area contributed by atoms with Crippen molar-refractivity contribution in [1.82, 2.24) is 5.43 Å². The van der Waals surface area contributed by atoms with Crippen LogP contribution in [0.3, 0.4) is 0 Å². The van der Waals surface area contributed by atoms with Crippen molar-refractivity contribution in [3.63, 3.8) is 0 Å². The van der Waals surface area contributed by atoms with Crippen molar-refractivity contribution in [3.8, 4) is 11.5 Å². The van der Waals surface area contributed by atoms with E-state index in [-0.39, 0.29) is 5.91 Å². The third-order valence-electron chi connectivity index (χ3n) is 2.85. The lowest BCUT2D eigenvalue weighted by atomic mass is 10.2. The molecular weight excluding hydrogens is 268 g/mol. The minimum atomic E-state index is -0.276. The summed E-state index contributed by atoms with van der Waals surface area (Å²) >= 11 is 0. The van der Waals surface area contributed by atoms with Crippen molar-refractivity contribution in [2.45, 2.75) is 0 Å². The van der Waals surface area contributed by atoms with E-state index in [0.29, 0.717) is 11.3 Å². The summed E-state index contributed by atoms with van der Waals surface area (Å²) in [5.41, 5.74) is 3.85. The van der Waals surface area contributed by atoms with Gasteiger partial charge in [-0.1, -0.05) is 0 Å². The van der Waals surface area contributed by atoms with Gasteiger partial charge in [-0.2, -0.15) is 5.10 Å². The number of nitrogens with one attached hydrogen (secondary N) is 1. The van der Waals surface area contributed by atoms with E-state index in [1.165, 1.54) is 0 Å². The summed E-state index contributed by atoms with van der Waals surface area (Å²) in [7, 11) is 3.19. The van der Waals surface area contributed by atoms with Crippen molar-refractivity contribution in [1.29, 1.82) is 0 Å². The van der Waals surface area contributed by atoms with Gasteiger partial charge >= 0.3 is 0 Å². The molecule has 1 amide bonds. The molecule has 0 radical (unpaired) electrons. The van der Waals surface area contributed by atoms with Crippen molar-refractivity contribution < 1.29 is 14.3 Å². The number of hydrazone groups is 1. The smallest absolute Gasteiger partial charge is 0.271 e. The zero-order valence-corrected chi connectivity index (χ0v) is 11.9. The Morgan fingerprint density at radius 3 is 2.00 bits per heavy atom. The van der Waals surface area contributed by atoms with Crippen LogP contribution in [0.25, 0.3) is 0 Å². The molecule has 2 aromatic rings. The minimum absolute atomic E-state index is 0.276. The molecule has 0 bridgehead atoms. The minimum Gasteiger partial charge on any atom is -0.497 e. The number of hydrogen-bond acceptors (Lipinski definition) is 4. The molecule has 0 aliphatic carbocycles. The van der Waals surface area contributed by atoms with Gasteiger partial charge in [-0.05, 0) is 54.1 Å². The van der Waals surface area contributed by atoms with Crippen LogP contribution in [0.4, 0.5) is 0 Å². The van der Waals surface area contributed by atoms with E-state index < -0.39 is 0 Å². The van der Waals surface area contributed by atoms with Gasteiger partial charge in [0.25, 0.3) is 5.91 Å². The molecule has 0 atom stereocenters. The monoisotopic (exact) mass is 284 g/mol. The maximum absolute atomic E-state index is 11.8. The quantitative estimate of drug-likeness (QED) is 0.677. The van der Waals surface area contributed by atoms with Crippen molar-refractivity contribution >= 4 is 12.1 Å². The molecule has 2 rings (SSSR count). The Morgan fingerprint density at radius 2 is 1.48 bits per heavy atom. The van der Waals surface area contributed by atoms with E-state index in [0.717, 1.165) is 11.3 Å². The summed E-state index contributed by atoms with van der Waals surface area (Å²) in [6, 6.07) is 14.2. The van der Waals surface area contributed by atoms with Crippen LogP contribution in [0.5, 0.6) is 11.5 Å². The van der Waals surface area contributed by atoms with Crippen LogP contribution in [-0.4, -0.2) is 26.3 Å². The second-order valence-electron chi connectivity index (χ2n) is 4.20. The second kappa shape index (κ2) is 7.09. The number of carbonyl (C=O) groups is 1. The van der Waals surface area contributed by atoms with Gasteiger partial charge in [-0.3, -0.25) is 4.79 Å². The van der Waals surface area contributed by atoms with Crippen LogP contribution < -0.4 is 14.9 Å². The van der Waals surface area contributed by atoms with Crippen LogP contribution >= 0.6 is 0 Å². The third kappa shape index (κ3) is 4.07. The molecule has 0 unspecified atom stereocenters. The van der Waals surface area contributed by atoms with Crippen molar-refractivity contribution in [2.75, 3.05) is 14.2 Å². The standard InChI is InChI=1S/C16H16N2O3/c1-20-14-7-3-12(4-8-14)11-17-18-16(19)13-5-9-15(21-2)10-6-13/h3-11H,1-2H3,(H,18,19)/b17-11-. The Morgan fingerprint density at radius 1 is 0.952 bits per heavy atom. The molecule has 2 aromatic carbocycles. The molecule has 21 heavy (non-hydrogen) atoms. The molecule has 0 aromatic heterocycles. The van der Waals surface area contributed by atoms with Crippen LogP contribution in [-0.2, 0) is 0 Å². The van der Waals surface area contributed by atoms with Gasteiger partial charge < -0.3 is 9.47 Å². The summed E-state index contributed by atoms with van der Waals surface area (Å²) < 4.78 is 10.1. The highest BCUT2D eigenvalue weighted by atomic mass is 16.5. The molecule has 5 nitrogen and oxygen atoms in total. The summed E-state index contributed by atoms with van der Waals surface area (Å²) in [6.07, 6.45) is 1.57. The van der Waals surface area contributed by atoms with Crippen LogP contribution in [0, 0.1) is 0 Å². The number of amides is 1. The Balaban J connectivity index is 1.94. The van der Waals surface area contributed by atoms with Crippen LogP contribution in [0.15, 0.2) is 53.6 Å². The normalized spacial score (nSPS) is 10.4. The average molecular weight is 284 g/mol. The lowest BCUT2D eigenvalue weighted by molar-refractivity contribution is 0.0955. The summed E-state index contributed by atoms with van der Waals surface area (Å²) in [4.78, 5) is 11.8. The highest BCUT2D eigenvalue weighted by Crippen LogP contribution is 2.11. The molecule has 0 aliphatic heterocycles. The second-order valence-corrected chi connectivity index (χ2v) is 4.20. The molecule has 0 spiro atoms. The predicted molar refractivity (Wildman–Crippen MR) is 81.0 cm³/mol. The van der Waals surface area contributed by atoms with E-state index >= 15 is 0 Å². The van der Waals surface area contributed by atoms with Gasteiger partial charge in [0, 0.05) is 5.56 Å². The van der Waals surface area contributed by atoms with Crippen LogP contribution in [0.1, 0.15) is 15.9 Å². The van der Waals surface area contributed by atoms with Gasteiger partial charge in [-0.25, -0.2) is 5.43 Å². The first kappa shape index (κ1) is 14.6. The largest absolute Gasteiger partial charge is 0.497 e. The van der Waals surface area contributed by atoms with Gasteiger partial charge in [0.2, 0.25) is 0 Å². The number of benzene rings is 2. The average Bonchev–Trinajstić information content (AvgIpc) is 2.55. The molecular formula is C16H16N2O3.